The second-order valence-electron chi connectivity index (χ2n) is 11.0. The summed E-state index contributed by atoms with van der Waals surface area (Å²) in [5.74, 6) is -0.712. The number of amides is 2. The summed E-state index contributed by atoms with van der Waals surface area (Å²) < 4.78 is 5.64. The van der Waals surface area contributed by atoms with Crippen LogP contribution in [0.4, 0.5) is 0 Å². The lowest BCUT2D eigenvalue weighted by molar-refractivity contribution is 0.0434. The Bertz CT molecular complexity index is 1310. The van der Waals surface area contributed by atoms with Crippen LogP contribution in [0.1, 0.15) is 81.1 Å². The van der Waals surface area contributed by atoms with Gasteiger partial charge in [-0.2, -0.15) is 0 Å². The summed E-state index contributed by atoms with van der Waals surface area (Å²) in [6.07, 6.45) is 0. The van der Waals surface area contributed by atoms with Gasteiger partial charge in [0.25, 0.3) is 11.8 Å². The number of benzene rings is 3. The van der Waals surface area contributed by atoms with Crippen molar-refractivity contribution in [2.24, 2.45) is 0 Å². The molecule has 3 aromatic rings. The van der Waals surface area contributed by atoms with E-state index in [2.05, 4.69) is 5.32 Å². The molecule has 0 atom stereocenters. The van der Waals surface area contributed by atoms with Crippen LogP contribution in [0.3, 0.4) is 0 Å². The minimum absolute atomic E-state index is 0.0470. The molecule has 212 valence electrons. The van der Waals surface area contributed by atoms with E-state index in [4.69, 9.17) is 4.74 Å². The third-order valence-corrected chi connectivity index (χ3v) is 7.22. The van der Waals surface area contributed by atoms with E-state index >= 15 is 0 Å². The summed E-state index contributed by atoms with van der Waals surface area (Å²) in [7, 11) is 0. The third kappa shape index (κ3) is 7.17. The maximum atomic E-state index is 13.8. The Kier molecular flexibility index (Phi) is 9.91. The van der Waals surface area contributed by atoms with Crippen LogP contribution in [0, 0.1) is 62.3 Å². The van der Waals surface area contributed by atoms with Crippen LogP contribution in [-0.2, 0) is 4.74 Å². The predicted molar refractivity (Wildman–Crippen MR) is 160 cm³/mol. The number of carbonyl (C=O) groups is 3. The van der Waals surface area contributed by atoms with Gasteiger partial charge in [0.2, 0.25) is 0 Å². The second-order valence-corrected chi connectivity index (χ2v) is 11.0. The van der Waals surface area contributed by atoms with E-state index in [0.717, 1.165) is 50.1 Å². The number of hydrogen-bond acceptors (Lipinski definition) is 4. The number of ether oxygens (including phenoxy) is 1. The summed E-state index contributed by atoms with van der Waals surface area (Å²) in [5.41, 5.74) is 10.5. The van der Waals surface area contributed by atoms with Crippen molar-refractivity contribution >= 4 is 17.8 Å². The van der Waals surface area contributed by atoms with Crippen LogP contribution in [-0.4, -0.2) is 48.9 Å². The van der Waals surface area contributed by atoms with Crippen molar-refractivity contribution in [1.82, 2.24) is 10.2 Å². The first-order valence-corrected chi connectivity index (χ1v) is 13.8. The van der Waals surface area contributed by atoms with Crippen molar-refractivity contribution < 1.29 is 19.1 Å². The van der Waals surface area contributed by atoms with E-state index < -0.39 is 5.97 Å². The van der Waals surface area contributed by atoms with Crippen molar-refractivity contribution in [2.75, 3.05) is 26.2 Å². The molecule has 0 aromatic heterocycles. The van der Waals surface area contributed by atoms with E-state index in [1.807, 2.05) is 98.7 Å². The van der Waals surface area contributed by atoms with Crippen LogP contribution < -0.4 is 5.32 Å². The van der Waals surface area contributed by atoms with Crippen LogP contribution >= 0.6 is 0 Å². The van der Waals surface area contributed by atoms with Gasteiger partial charge < -0.3 is 15.0 Å². The third-order valence-electron chi connectivity index (χ3n) is 7.22. The van der Waals surface area contributed by atoms with Gasteiger partial charge in [-0.15, -0.1) is 0 Å². The van der Waals surface area contributed by atoms with Gasteiger partial charge in [0.05, 0.1) is 12.1 Å². The average molecular weight is 543 g/mol. The summed E-state index contributed by atoms with van der Waals surface area (Å²) >= 11 is 0. The molecule has 0 bridgehead atoms. The van der Waals surface area contributed by atoms with E-state index in [-0.39, 0.29) is 38.1 Å². The number of carbonyl (C=O) groups excluding carboxylic acids is 3. The van der Waals surface area contributed by atoms with Crippen LogP contribution in [0.25, 0.3) is 0 Å². The first kappa shape index (κ1) is 30.6. The largest absolute Gasteiger partial charge is 0.460 e. The summed E-state index contributed by atoms with van der Waals surface area (Å²) in [5, 5.41) is 2.98. The molecule has 0 aliphatic rings. The Hall–Kier alpha value is -3.93. The molecule has 0 radical (unpaired) electrons. The van der Waals surface area contributed by atoms with Crippen molar-refractivity contribution in [3.05, 3.63) is 103 Å². The maximum absolute atomic E-state index is 13.8. The quantitative estimate of drug-likeness (QED) is 0.327. The SMILES string of the molecule is Cc1cc(C)c(C(=O)NCCN(CCOC(=O)c2c(C)cc(C)cc2C)C(=O)c2c(C)cc(C)cc2C)c(C)c1. The molecular formula is C34H42N2O4. The van der Waals surface area contributed by atoms with Crippen molar-refractivity contribution in [2.45, 2.75) is 62.3 Å². The van der Waals surface area contributed by atoms with Gasteiger partial charge in [0.15, 0.2) is 0 Å². The Morgan fingerprint density at radius 2 is 1.00 bits per heavy atom. The van der Waals surface area contributed by atoms with E-state index in [0.29, 0.717) is 16.7 Å². The topological polar surface area (TPSA) is 75.7 Å². The number of rotatable bonds is 9. The molecule has 3 aromatic carbocycles. The van der Waals surface area contributed by atoms with Gasteiger partial charge in [0, 0.05) is 24.2 Å². The lowest BCUT2D eigenvalue weighted by Gasteiger charge is -2.25. The highest BCUT2D eigenvalue weighted by molar-refractivity contribution is 5.98. The Balaban J connectivity index is 1.76. The fourth-order valence-electron chi connectivity index (χ4n) is 5.74. The monoisotopic (exact) mass is 542 g/mol. The van der Waals surface area contributed by atoms with Gasteiger partial charge >= 0.3 is 5.97 Å². The molecular weight excluding hydrogens is 500 g/mol. The molecule has 0 heterocycles. The first-order chi connectivity index (χ1) is 18.8. The second kappa shape index (κ2) is 12.9. The van der Waals surface area contributed by atoms with Gasteiger partial charge in [-0.25, -0.2) is 4.79 Å². The minimum atomic E-state index is -0.399. The summed E-state index contributed by atoms with van der Waals surface area (Å²) in [4.78, 5) is 41.4. The number of esters is 1. The van der Waals surface area contributed by atoms with Gasteiger partial charge in [-0.1, -0.05) is 53.1 Å². The molecule has 40 heavy (non-hydrogen) atoms. The molecule has 6 nitrogen and oxygen atoms in total. The molecule has 0 fully saturated rings. The lowest BCUT2D eigenvalue weighted by atomic mass is 9.98. The predicted octanol–water partition coefficient (Wildman–Crippen LogP) is 6.19. The van der Waals surface area contributed by atoms with Crippen molar-refractivity contribution in [3.63, 3.8) is 0 Å². The van der Waals surface area contributed by atoms with Crippen LogP contribution in [0.5, 0.6) is 0 Å². The summed E-state index contributed by atoms with van der Waals surface area (Å²) in [6.45, 7) is 18.3. The van der Waals surface area contributed by atoms with E-state index in [9.17, 15) is 14.4 Å². The van der Waals surface area contributed by atoms with E-state index in [1.165, 1.54) is 0 Å². The van der Waals surface area contributed by atoms with Crippen LogP contribution in [0.2, 0.25) is 0 Å². The molecule has 1 N–H and O–H groups in total. The summed E-state index contributed by atoms with van der Waals surface area (Å²) in [6, 6.07) is 11.9. The highest BCUT2D eigenvalue weighted by Crippen LogP contribution is 2.20. The first-order valence-electron chi connectivity index (χ1n) is 13.8. The fourth-order valence-corrected chi connectivity index (χ4v) is 5.74. The average Bonchev–Trinajstić information content (AvgIpc) is 2.81. The van der Waals surface area contributed by atoms with Gasteiger partial charge in [-0.3, -0.25) is 9.59 Å². The zero-order valence-electron chi connectivity index (χ0n) is 25.4. The maximum Gasteiger partial charge on any atom is 0.338 e. The number of nitrogens with zero attached hydrogens (tertiary/aromatic N) is 1. The number of hydrogen-bond donors (Lipinski definition) is 1. The zero-order valence-corrected chi connectivity index (χ0v) is 25.4. The molecule has 0 unspecified atom stereocenters. The number of nitrogens with one attached hydrogen (secondary N) is 1. The molecule has 3 rings (SSSR count). The van der Waals surface area contributed by atoms with Crippen molar-refractivity contribution in [1.29, 1.82) is 0 Å². The standard InChI is InChI=1S/C34H42N2O4/c1-20-14-23(4)29(24(5)15-20)32(37)35-10-11-36(33(38)30-25(6)16-21(2)17-26(30)7)12-13-40-34(39)31-27(8)18-22(3)19-28(31)9/h14-19H,10-13H2,1-9H3,(H,35,37). The molecule has 2 amide bonds. The molecule has 0 saturated carbocycles. The molecule has 0 saturated heterocycles. The zero-order chi connectivity index (χ0) is 29.7. The van der Waals surface area contributed by atoms with Crippen molar-refractivity contribution in [3.8, 4) is 0 Å². The van der Waals surface area contributed by atoms with Gasteiger partial charge in [-0.05, 0) is 95.7 Å². The highest BCUT2D eigenvalue weighted by Gasteiger charge is 2.22. The lowest BCUT2D eigenvalue weighted by Crippen LogP contribution is -2.41. The molecule has 0 aliphatic heterocycles. The molecule has 6 heteroatoms. The normalized spacial score (nSPS) is 10.8. The fraction of sp³-hybridized carbons (Fsp3) is 0.382. The van der Waals surface area contributed by atoms with E-state index in [1.54, 1.807) is 4.90 Å². The van der Waals surface area contributed by atoms with Crippen LogP contribution in [0.15, 0.2) is 36.4 Å². The highest BCUT2D eigenvalue weighted by atomic mass is 16.5. The Morgan fingerprint density at radius 1 is 0.600 bits per heavy atom. The smallest absolute Gasteiger partial charge is 0.338 e. The molecule has 0 spiro atoms. The number of aryl methyl sites for hydroxylation is 9. The Labute approximate surface area is 238 Å². The Morgan fingerprint density at radius 3 is 1.45 bits per heavy atom. The molecule has 0 aliphatic carbocycles. The minimum Gasteiger partial charge on any atom is -0.460 e. The van der Waals surface area contributed by atoms with Gasteiger partial charge in [0.1, 0.15) is 6.61 Å².